The summed E-state index contributed by atoms with van der Waals surface area (Å²) in [5, 5.41) is 15.4. The second-order valence-electron chi connectivity index (χ2n) is 16.7. The lowest BCUT2D eigenvalue weighted by atomic mass is 9.73. The number of benzene rings is 1. The van der Waals surface area contributed by atoms with Crippen molar-refractivity contribution in [2.75, 3.05) is 20.7 Å². The molecule has 13 nitrogen and oxygen atoms in total. The number of nitrogens with zero attached hydrogens (tertiary/aromatic N) is 2. The highest BCUT2D eigenvalue weighted by Crippen LogP contribution is 2.41. The molecule has 312 valence electrons. The monoisotopic (exact) mass is 791 g/mol. The molecule has 1 aromatic heterocycles. The number of para-hydroxylation sites is 1. The normalized spacial score (nSPS) is 37.1. The maximum Gasteiger partial charge on any atom is 0.408 e. The van der Waals surface area contributed by atoms with E-state index in [1.54, 1.807) is 47.7 Å². The van der Waals surface area contributed by atoms with E-state index in [0.29, 0.717) is 6.42 Å². The van der Waals surface area contributed by atoms with Crippen molar-refractivity contribution < 1.29 is 48.0 Å². The minimum absolute atomic E-state index is 0.0307. The molecule has 0 saturated carbocycles. The van der Waals surface area contributed by atoms with Gasteiger partial charge in [-0.15, -0.1) is 6.58 Å². The number of pyridine rings is 1. The summed E-state index contributed by atoms with van der Waals surface area (Å²) < 4.78 is 31.6. The van der Waals surface area contributed by atoms with Crippen LogP contribution in [0.25, 0.3) is 17.0 Å². The number of likely N-dealkylation sites (N-methyl/N-ethyl adjacent to an activating group) is 1. The Bertz CT molecular complexity index is 1820. The summed E-state index contributed by atoms with van der Waals surface area (Å²) in [5.74, 6) is -5.29. The first-order chi connectivity index (χ1) is 26.9. The van der Waals surface area contributed by atoms with Crippen molar-refractivity contribution in [1.29, 1.82) is 0 Å². The lowest BCUT2D eigenvalue weighted by Crippen LogP contribution is -2.60. The molecule has 2 aromatic rings. The maximum atomic E-state index is 14.8. The van der Waals surface area contributed by atoms with Gasteiger partial charge in [-0.05, 0) is 78.2 Å². The van der Waals surface area contributed by atoms with Crippen molar-refractivity contribution in [3.8, 4) is 0 Å². The van der Waals surface area contributed by atoms with Crippen molar-refractivity contribution in [1.82, 2.24) is 15.2 Å². The Morgan fingerprint density at radius 2 is 1.79 bits per heavy atom. The van der Waals surface area contributed by atoms with Crippen molar-refractivity contribution in [3.05, 3.63) is 60.8 Å². The number of hydrogen-bond donors (Lipinski definition) is 2. The number of Topliss-reactive ketones (excluding diaryl/α,β-unsaturated/α-hetero) is 2. The van der Waals surface area contributed by atoms with E-state index < -0.39 is 83.4 Å². The number of fused-ring (bicyclic) bond motifs is 2. The number of ketones is 2. The molecule has 3 aliphatic heterocycles. The van der Waals surface area contributed by atoms with Gasteiger partial charge in [0, 0.05) is 35.4 Å². The van der Waals surface area contributed by atoms with Crippen LogP contribution in [0.15, 0.2) is 55.3 Å². The summed E-state index contributed by atoms with van der Waals surface area (Å²) in [5.41, 5.74) is -1.07. The van der Waals surface area contributed by atoms with Crippen LogP contribution in [0, 0.1) is 23.7 Å². The van der Waals surface area contributed by atoms with Gasteiger partial charge in [0.25, 0.3) is 0 Å². The molecule has 57 heavy (non-hydrogen) atoms. The number of rotatable bonds is 10. The molecule has 13 heteroatoms. The molecule has 2 N–H and O–H groups in total. The number of alkyl carbamates (subject to hydrolysis) is 1. The smallest absolute Gasteiger partial charge is 0.408 e. The van der Waals surface area contributed by atoms with E-state index in [2.05, 4.69) is 16.9 Å². The summed E-state index contributed by atoms with van der Waals surface area (Å²) in [7, 11) is 3.74. The third kappa shape index (κ3) is 9.49. The van der Waals surface area contributed by atoms with Crippen LogP contribution in [-0.4, -0.2) is 113 Å². The highest BCUT2D eigenvalue weighted by molar-refractivity contribution is 6.00. The summed E-state index contributed by atoms with van der Waals surface area (Å²) in [6.45, 7) is 16.2. The van der Waals surface area contributed by atoms with Gasteiger partial charge in [0.2, 0.25) is 0 Å². The van der Waals surface area contributed by atoms with Crippen molar-refractivity contribution in [2.24, 2.45) is 23.7 Å². The van der Waals surface area contributed by atoms with E-state index in [0.717, 1.165) is 16.5 Å². The SMILES string of the molecule is C=CCC1C(=O)O[C@H](CC)[C@@]2(C)OC(=O)N[C@@H]2[C@@H](C)C(=O)[C@H](C)C[C@](C)(OC/C=C/c2cnc3ccccc3c2)[C@H](O[C@@H]2O[C@H](C)C[C@H](N(C)C)[C@H]2O)[C@@H](C)C1=O. The molecule has 1 amide bonds. The number of aromatic nitrogens is 1. The fraction of sp³-hybridized carbons (Fsp3) is 0.614. The van der Waals surface area contributed by atoms with Crippen LogP contribution in [0.1, 0.15) is 79.7 Å². The van der Waals surface area contributed by atoms with Crippen LogP contribution in [0.2, 0.25) is 0 Å². The van der Waals surface area contributed by atoms with Crippen LogP contribution in [0.3, 0.4) is 0 Å². The molecule has 1 aromatic carbocycles. The Hall–Kier alpha value is -4.01. The average Bonchev–Trinajstić information content (AvgIpc) is 3.49. The Labute approximate surface area is 336 Å². The van der Waals surface area contributed by atoms with Gasteiger partial charge in [-0.3, -0.25) is 19.4 Å². The fourth-order valence-corrected chi connectivity index (χ4v) is 9.01. The molecule has 3 aliphatic rings. The fourth-order valence-electron chi connectivity index (χ4n) is 9.01. The van der Waals surface area contributed by atoms with Gasteiger partial charge in [0.05, 0.1) is 36.0 Å². The first-order valence-electron chi connectivity index (χ1n) is 20.1. The van der Waals surface area contributed by atoms with E-state index in [1.807, 2.05) is 68.4 Å². The Morgan fingerprint density at radius 3 is 2.47 bits per heavy atom. The highest BCUT2D eigenvalue weighted by atomic mass is 16.7. The van der Waals surface area contributed by atoms with Crippen molar-refractivity contribution >= 4 is 40.6 Å². The van der Waals surface area contributed by atoms with Gasteiger partial charge in [0.15, 0.2) is 17.7 Å². The van der Waals surface area contributed by atoms with Crippen LogP contribution in [0.5, 0.6) is 0 Å². The Balaban J connectivity index is 1.59. The van der Waals surface area contributed by atoms with Crippen LogP contribution < -0.4 is 5.32 Å². The summed E-state index contributed by atoms with van der Waals surface area (Å²) in [4.78, 5) is 62.7. The Kier molecular flexibility index (Phi) is 14.1. The van der Waals surface area contributed by atoms with E-state index in [9.17, 15) is 24.3 Å². The lowest BCUT2D eigenvalue weighted by molar-refractivity contribution is -0.296. The predicted octanol–water partition coefficient (Wildman–Crippen LogP) is 5.67. The third-order valence-electron chi connectivity index (χ3n) is 12.1. The number of aliphatic hydroxyl groups is 1. The number of nitrogens with one attached hydrogen (secondary N) is 1. The molecule has 0 aliphatic carbocycles. The number of esters is 1. The van der Waals surface area contributed by atoms with Crippen LogP contribution in [-0.2, 0) is 38.1 Å². The van der Waals surface area contributed by atoms with Gasteiger partial charge < -0.3 is 39.0 Å². The van der Waals surface area contributed by atoms with Gasteiger partial charge in [-0.25, -0.2) is 4.79 Å². The minimum Gasteiger partial charge on any atom is -0.457 e. The largest absolute Gasteiger partial charge is 0.457 e. The zero-order valence-corrected chi connectivity index (χ0v) is 34.8. The molecule has 1 unspecified atom stereocenters. The number of allylic oxidation sites excluding steroid dienone is 1. The molecule has 3 fully saturated rings. The molecule has 0 bridgehead atoms. The van der Waals surface area contributed by atoms with Gasteiger partial charge in [-0.1, -0.05) is 64.1 Å². The molecule has 5 rings (SSSR count). The predicted molar refractivity (Wildman–Crippen MR) is 215 cm³/mol. The molecular formula is C44H61N3O10. The third-order valence-corrected chi connectivity index (χ3v) is 12.1. The summed E-state index contributed by atoms with van der Waals surface area (Å²) >= 11 is 0. The van der Waals surface area contributed by atoms with E-state index in [4.69, 9.17) is 23.7 Å². The second kappa shape index (κ2) is 18.3. The molecule has 4 heterocycles. The first kappa shape index (κ1) is 44.1. The lowest BCUT2D eigenvalue weighted by Gasteiger charge is -2.47. The Morgan fingerprint density at radius 1 is 1.07 bits per heavy atom. The van der Waals surface area contributed by atoms with Crippen molar-refractivity contribution in [2.45, 2.75) is 128 Å². The van der Waals surface area contributed by atoms with E-state index in [1.165, 1.54) is 6.08 Å². The molecule has 0 radical (unpaired) electrons. The van der Waals surface area contributed by atoms with Crippen LogP contribution in [0.4, 0.5) is 4.79 Å². The molecule has 3 saturated heterocycles. The maximum absolute atomic E-state index is 14.8. The minimum atomic E-state index is -1.41. The number of cyclic esters (lactones) is 1. The van der Waals surface area contributed by atoms with Gasteiger partial charge >= 0.3 is 12.1 Å². The van der Waals surface area contributed by atoms with Crippen LogP contribution >= 0.6 is 0 Å². The number of carbonyl (C=O) groups is 4. The second-order valence-corrected chi connectivity index (χ2v) is 16.7. The van der Waals surface area contributed by atoms with Gasteiger partial charge in [-0.2, -0.15) is 0 Å². The number of carbonyl (C=O) groups excluding carboxylic acids is 4. The molecular weight excluding hydrogens is 730 g/mol. The van der Waals surface area contributed by atoms with E-state index >= 15 is 0 Å². The zero-order chi connectivity index (χ0) is 41.8. The molecule has 13 atom stereocenters. The van der Waals surface area contributed by atoms with E-state index in [-0.39, 0.29) is 43.8 Å². The summed E-state index contributed by atoms with van der Waals surface area (Å²) in [6, 6.07) is 8.66. The first-order valence-corrected chi connectivity index (χ1v) is 20.1. The highest BCUT2D eigenvalue weighted by Gasteiger charge is 2.57. The number of hydrogen-bond acceptors (Lipinski definition) is 12. The quantitative estimate of drug-likeness (QED) is 0.173. The number of ether oxygens (including phenoxy) is 5. The standard InChI is InChI=1S/C44H61N3O10/c1-11-16-31-36(49)28(6)39(56-41-37(50)33(47(9)10)21-26(4)54-41)43(7,53-20-15-17-29-22-30-18-13-14-19-32(30)45-24-29)23-25(3)35(48)27(5)38-44(8,57-42(52)46-38)34(12-2)55-40(31)51/h11,13-15,17-19,22,24-28,31,33-34,37-39,41,50H,1,12,16,20-21,23H2,2-10H3,(H,46,52)/b17-15+/t25-,26-,27+,28+,31?,33+,34-,37-,38-,39-,41+,43+,44-/m1/s1. The number of amides is 1. The molecule has 0 spiro atoms. The average molecular weight is 792 g/mol. The van der Waals surface area contributed by atoms with Gasteiger partial charge in [0.1, 0.15) is 23.9 Å². The summed E-state index contributed by atoms with van der Waals surface area (Å²) in [6.07, 6.45) is 2.40. The topological polar surface area (TPSA) is 163 Å². The number of aliphatic hydroxyl groups excluding tert-OH is 1. The zero-order valence-electron chi connectivity index (χ0n) is 34.8. The van der Waals surface area contributed by atoms with Crippen molar-refractivity contribution in [3.63, 3.8) is 0 Å².